The molecule has 6 nitrogen and oxygen atoms in total. The molecule has 0 aliphatic carbocycles. The largest absolute Gasteiger partial charge is 0.496 e. The summed E-state index contributed by atoms with van der Waals surface area (Å²) in [4.78, 5) is 27.5. The number of primary amides is 1. The maximum absolute atomic E-state index is 11.5. The van der Waals surface area contributed by atoms with Crippen LogP contribution < -0.4 is 15.8 Å². The zero-order valence-corrected chi connectivity index (χ0v) is 13.9. The fraction of sp³-hybridized carbons (Fsp3) is 0.214. The van der Waals surface area contributed by atoms with E-state index in [1.807, 2.05) is 6.92 Å². The summed E-state index contributed by atoms with van der Waals surface area (Å²) in [6.07, 6.45) is 1.67. The maximum Gasteiger partial charge on any atom is 0.252 e. The van der Waals surface area contributed by atoms with Crippen LogP contribution in [0.25, 0.3) is 0 Å². The first-order valence-electron chi connectivity index (χ1n) is 6.30. The van der Waals surface area contributed by atoms with Crippen molar-refractivity contribution in [2.75, 3.05) is 12.4 Å². The highest BCUT2D eigenvalue weighted by Crippen LogP contribution is 2.38. The molecule has 0 fully saturated rings. The fourth-order valence-electron chi connectivity index (χ4n) is 1.76. The van der Waals surface area contributed by atoms with E-state index in [2.05, 4.69) is 10.3 Å². The average Bonchev–Trinajstić information content (AvgIpc) is 2.86. The Morgan fingerprint density at radius 2 is 2.14 bits per heavy atom. The van der Waals surface area contributed by atoms with Crippen molar-refractivity contribution in [3.05, 3.63) is 29.5 Å². The number of aromatic nitrogens is 1. The maximum atomic E-state index is 11.5. The molecule has 1 heterocycles. The molecule has 0 atom stereocenters. The molecule has 22 heavy (non-hydrogen) atoms. The van der Waals surface area contributed by atoms with E-state index in [-0.39, 0.29) is 5.91 Å². The van der Waals surface area contributed by atoms with Crippen LogP contribution in [0.15, 0.2) is 27.4 Å². The van der Waals surface area contributed by atoms with Crippen molar-refractivity contribution in [1.82, 2.24) is 4.98 Å². The third-order valence-electron chi connectivity index (χ3n) is 2.74. The summed E-state index contributed by atoms with van der Waals surface area (Å²) in [6.45, 7) is 3.35. The summed E-state index contributed by atoms with van der Waals surface area (Å²) in [5, 5.41) is 3.17. The molecule has 0 aliphatic rings. The number of nitrogens with two attached hydrogens (primary N) is 1. The zero-order valence-electron chi connectivity index (χ0n) is 12.3. The number of amides is 2. The lowest BCUT2D eigenvalue weighted by Gasteiger charge is -2.10. The molecule has 3 N–H and O–H groups in total. The number of rotatable bonds is 5. The fourth-order valence-corrected chi connectivity index (χ4v) is 3.74. The number of ether oxygens (including phenoxy) is 1. The SMILES string of the molecule is COc1cc(C)c(Sc2cnc(NC(C)=O)s2)cc1C(N)=O. The Bertz CT molecular complexity index is 728. The van der Waals surface area contributed by atoms with Gasteiger partial charge >= 0.3 is 0 Å². The number of anilines is 1. The number of hydrogen-bond acceptors (Lipinski definition) is 6. The van der Waals surface area contributed by atoms with E-state index in [1.165, 1.54) is 37.1 Å². The van der Waals surface area contributed by atoms with Gasteiger partial charge in [0.2, 0.25) is 5.91 Å². The van der Waals surface area contributed by atoms with Gasteiger partial charge in [0.25, 0.3) is 5.91 Å². The monoisotopic (exact) mass is 337 g/mol. The summed E-state index contributed by atoms with van der Waals surface area (Å²) in [7, 11) is 1.50. The van der Waals surface area contributed by atoms with E-state index in [0.717, 1.165) is 14.7 Å². The van der Waals surface area contributed by atoms with Gasteiger partial charge in [-0.3, -0.25) is 9.59 Å². The van der Waals surface area contributed by atoms with Gasteiger partial charge in [-0.15, -0.1) is 0 Å². The van der Waals surface area contributed by atoms with Gasteiger partial charge in [-0.2, -0.15) is 0 Å². The topological polar surface area (TPSA) is 94.3 Å². The number of benzene rings is 1. The average molecular weight is 337 g/mol. The standard InChI is InChI=1S/C14H15N3O3S2/c1-7-4-10(20-3)9(13(15)19)5-11(7)21-12-6-16-14(22-12)17-8(2)18/h4-6H,1-3H3,(H2,15,19)(H,16,17,18). The van der Waals surface area contributed by atoms with E-state index in [4.69, 9.17) is 10.5 Å². The number of carbonyl (C=O) groups is 2. The quantitative estimate of drug-likeness (QED) is 0.875. The Morgan fingerprint density at radius 3 is 2.73 bits per heavy atom. The van der Waals surface area contributed by atoms with E-state index < -0.39 is 5.91 Å². The first-order valence-corrected chi connectivity index (χ1v) is 7.93. The molecule has 0 unspecified atom stereocenters. The van der Waals surface area contributed by atoms with Gasteiger partial charge < -0.3 is 15.8 Å². The van der Waals surface area contributed by atoms with E-state index >= 15 is 0 Å². The minimum Gasteiger partial charge on any atom is -0.496 e. The molecule has 2 aromatic rings. The normalized spacial score (nSPS) is 10.3. The van der Waals surface area contributed by atoms with E-state index in [0.29, 0.717) is 16.4 Å². The minimum absolute atomic E-state index is 0.164. The lowest BCUT2D eigenvalue weighted by molar-refractivity contribution is -0.114. The number of nitrogens with zero attached hydrogens (tertiary/aromatic N) is 1. The Hall–Kier alpha value is -2.06. The van der Waals surface area contributed by atoms with Crippen molar-refractivity contribution in [2.24, 2.45) is 5.73 Å². The second kappa shape index (κ2) is 6.80. The highest BCUT2D eigenvalue weighted by atomic mass is 32.2. The number of thiazole rings is 1. The molecule has 1 aromatic heterocycles. The van der Waals surface area contributed by atoms with Crippen LogP contribution >= 0.6 is 23.1 Å². The third-order valence-corrected chi connectivity index (χ3v) is 4.91. The van der Waals surface area contributed by atoms with Crippen LogP contribution in [-0.4, -0.2) is 23.9 Å². The summed E-state index contributed by atoms with van der Waals surface area (Å²) in [5.74, 6) is -0.248. The predicted octanol–water partition coefficient (Wildman–Crippen LogP) is 2.67. The molecule has 0 radical (unpaired) electrons. The molecule has 2 amide bonds. The Morgan fingerprint density at radius 1 is 1.41 bits per heavy atom. The van der Waals surface area contributed by atoms with Crippen LogP contribution in [0, 0.1) is 6.92 Å². The van der Waals surface area contributed by atoms with E-state index in [1.54, 1.807) is 18.3 Å². The van der Waals surface area contributed by atoms with Crippen LogP contribution in [-0.2, 0) is 4.79 Å². The van der Waals surface area contributed by atoms with Crippen molar-refractivity contribution < 1.29 is 14.3 Å². The predicted molar refractivity (Wildman–Crippen MR) is 86.8 cm³/mol. The Balaban J connectivity index is 2.29. The van der Waals surface area contributed by atoms with Gasteiger partial charge in [-0.25, -0.2) is 4.98 Å². The Kier molecular flexibility index (Phi) is 5.04. The van der Waals surface area contributed by atoms with Gasteiger partial charge in [0.1, 0.15) is 5.75 Å². The second-order valence-corrected chi connectivity index (χ2v) is 6.82. The lowest BCUT2D eigenvalue weighted by Crippen LogP contribution is -2.12. The number of carbonyl (C=O) groups excluding carboxylic acids is 2. The van der Waals surface area contributed by atoms with Crippen LogP contribution in [0.5, 0.6) is 5.75 Å². The highest BCUT2D eigenvalue weighted by Gasteiger charge is 2.14. The first-order chi connectivity index (χ1) is 10.4. The van der Waals surface area contributed by atoms with Crippen molar-refractivity contribution in [1.29, 1.82) is 0 Å². The van der Waals surface area contributed by atoms with Gasteiger partial charge in [-0.05, 0) is 24.6 Å². The molecule has 0 aliphatic heterocycles. The zero-order chi connectivity index (χ0) is 16.3. The molecule has 0 saturated heterocycles. The molecule has 2 rings (SSSR count). The first kappa shape index (κ1) is 16.3. The van der Waals surface area contributed by atoms with Crippen LogP contribution in [0.2, 0.25) is 0 Å². The highest BCUT2D eigenvalue weighted by molar-refractivity contribution is 8.01. The molecule has 116 valence electrons. The van der Waals surface area contributed by atoms with Crippen molar-refractivity contribution in [2.45, 2.75) is 23.0 Å². The molecule has 0 spiro atoms. The number of nitrogens with one attached hydrogen (secondary N) is 1. The summed E-state index contributed by atoms with van der Waals surface area (Å²) in [6, 6.07) is 3.48. The Labute approximate surface area is 136 Å². The third kappa shape index (κ3) is 3.77. The molecule has 0 saturated carbocycles. The minimum atomic E-state index is -0.540. The van der Waals surface area contributed by atoms with Gasteiger partial charge in [0.15, 0.2) is 5.13 Å². The molecular weight excluding hydrogens is 322 g/mol. The van der Waals surface area contributed by atoms with Gasteiger partial charge in [0.05, 0.1) is 23.1 Å². The van der Waals surface area contributed by atoms with Crippen LogP contribution in [0.1, 0.15) is 22.8 Å². The molecular formula is C14H15N3O3S2. The smallest absolute Gasteiger partial charge is 0.252 e. The second-order valence-electron chi connectivity index (χ2n) is 4.45. The van der Waals surface area contributed by atoms with E-state index in [9.17, 15) is 9.59 Å². The van der Waals surface area contributed by atoms with Crippen molar-refractivity contribution in [3.8, 4) is 5.75 Å². The number of hydrogen-bond donors (Lipinski definition) is 2. The number of aryl methyl sites for hydroxylation is 1. The lowest BCUT2D eigenvalue weighted by atomic mass is 10.1. The van der Waals surface area contributed by atoms with Gasteiger partial charge in [-0.1, -0.05) is 23.1 Å². The summed E-state index contributed by atoms with van der Waals surface area (Å²) in [5.41, 5.74) is 6.67. The van der Waals surface area contributed by atoms with Crippen molar-refractivity contribution >= 4 is 40.0 Å². The molecule has 1 aromatic carbocycles. The molecule has 0 bridgehead atoms. The summed E-state index contributed by atoms with van der Waals surface area (Å²) < 4.78 is 6.07. The van der Waals surface area contributed by atoms with Crippen LogP contribution in [0.3, 0.4) is 0 Å². The van der Waals surface area contributed by atoms with Gasteiger partial charge in [0, 0.05) is 11.8 Å². The summed E-state index contributed by atoms with van der Waals surface area (Å²) >= 11 is 2.82. The van der Waals surface area contributed by atoms with Crippen LogP contribution in [0.4, 0.5) is 5.13 Å². The van der Waals surface area contributed by atoms with Crippen molar-refractivity contribution in [3.63, 3.8) is 0 Å². The molecule has 8 heteroatoms. The number of methoxy groups -OCH3 is 1.